The highest BCUT2D eigenvalue weighted by molar-refractivity contribution is 5.78. The second kappa shape index (κ2) is 3.61. The molecule has 3 unspecified atom stereocenters. The maximum atomic E-state index is 11.6. The number of furan rings is 1. The third-order valence-electron chi connectivity index (χ3n) is 6.27. The number of rotatable bonds is 0. The molecule has 21 heavy (non-hydrogen) atoms. The van der Waals surface area contributed by atoms with Crippen LogP contribution < -0.4 is 5.56 Å². The van der Waals surface area contributed by atoms with Crippen molar-refractivity contribution in [3.05, 3.63) is 33.8 Å². The van der Waals surface area contributed by atoms with Crippen LogP contribution in [-0.4, -0.2) is 29.0 Å². The quantitative estimate of drug-likeness (QED) is 0.808. The van der Waals surface area contributed by atoms with Crippen molar-refractivity contribution in [1.82, 2.24) is 9.88 Å². The number of hydrogen-bond donors (Lipinski definition) is 1. The lowest BCUT2D eigenvalue weighted by atomic mass is 9.82. The molecule has 1 saturated carbocycles. The fourth-order valence-corrected chi connectivity index (χ4v) is 5.29. The maximum absolute atomic E-state index is 11.6. The Balaban J connectivity index is 1.75. The number of nitrogens with zero attached hydrogens (tertiary/aromatic N) is 1. The van der Waals surface area contributed by atoms with Crippen LogP contribution in [0.1, 0.15) is 37.5 Å². The van der Waals surface area contributed by atoms with E-state index in [9.17, 15) is 4.79 Å². The van der Waals surface area contributed by atoms with E-state index < -0.39 is 0 Å². The van der Waals surface area contributed by atoms with Crippen LogP contribution in [0.5, 0.6) is 0 Å². The molecule has 3 aliphatic rings. The van der Waals surface area contributed by atoms with Gasteiger partial charge in [0.25, 0.3) is 0 Å². The third kappa shape index (κ3) is 1.37. The molecule has 2 aliphatic heterocycles. The maximum Gasteiger partial charge on any atom is 0.248 e. The molecule has 5 rings (SSSR count). The summed E-state index contributed by atoms with van der Waals surface area (Å²) in [6, 6.07) is 3.97. The second-order valence-electron chi connectivity index (χ2n) is 7.56. The Hall–Kier alpha value is -1.55. The van der Waals surface area contributed by atoms with Crippen molar-refractivity contribution in [2.75, 3.05) is 13.1 Å². The van der Waals surface area contributed by atoms with Crippen molar-refractivity contribution in [1.29, 1.82) is 0 Å². The normalized spacial score (nSPS) is 33.3. The Bertz CT molecular complexity index is 801. The highest BCUT2D eigenvalue weighted by atomic mass is 16.3. The molecule has 4 nitrogen and oxygen atoms in total. The first-order valence-electron chi connectivity index (χ1n) is 7.94. The van der Waals surface area contributed by atoms with Gasteiger partial charge in [0.2, 0.25) is 5.56 Å². The predicted octanol–water partition coefficient (Wildman–Crippen LogP) is 2.49. The fraction of sp³-hybridized carbons (Fsp3) is 0.588. The summed E-state index contributed by atoms with van der Waals surface area (Å²) in [5.41, 5.74) is 3.36. The van der Waals surface area contributed by atoms with Crippen LogP contribution in [0.2, 0.25) is 0 Å². The molecule has 2 aromatic rings. The summed E-state index contributed by atoms with van der Waals surface area (Å²) < 4.78 is 6.20. The lowest BCUT2D eigenvalue weighted by Gasteiger charge is -2.32. The summed E-state index contributed by atoms with van der Waals surface area (Å²) in [5.74, 6) is 2.41. The van der Waals surface area contributed by atoms with Gasteiger partial charge < -0.3 is 9.40 Å². The van der Waals surface area contributed by atoms with E-state index >= 15 is 0 Å². The van der Waals surface area contributed by atoms with Gasteiger partial charge in [-0.15, -0.1) is 0 Å². The van der Waals surface area contributed by atoms with Gasteiger partial charge in [0, 0.05) is 36.7 Å². The highest BCUT2D eigenvalue weighted by Crippen LogP contribution is 2.59. The minimum absolute atomic E-state index is 0.0387. The SMILES string of the molecule is CC1(C)C2CC3c4oc5ccc(=O)[nH]c5c4CCN(C2)C31. The van der Waals surface area contributed by atoms with E-state index in [1.165, 1.54) is 18.5 Å². The molecule has 1 N–H and O–H groups in total. The molecule has 0 amide bonds. The molecular weight excluding hydrogens is 264 g/mol. The van der Waals surface area contributed by atoms with Crippen molar-refractivity contribution in [3.8, 4) is 0 Å². The lowest BCUT2D eigenvalue weighted by molar-refractivity contribution is 0.168. The van der Waals surface area contributed by atoms with Gasteiger partial charge in [-0.2, -0.15) is 0 Å². The van der Waals surface area contributed by atoms with E-state index in [0.717, 1.165) is 35.7 Å². The van der Waals surface area contributed by atoms with Crippen LogP contribution >= 0.6 is 0 Å². The Morgan fingerprint density at radius 2 is 2.24 bits per heavy atom. The van der Waals surface area contributed by atoms with Gasteiger partial charge in [0.1, 0.15) is 5.76 Å². The average molecular weight is 284 g/mol. The largest absolute Gasteiger partial charge is 0.459 e. The summed E-state index contributed by atoms with van der Waals surface area (Å²) in [6.07, 6.45) is 2.21. The molecule has 0 spiro atoms. The molecule has 2 fully saturated rings. The van der Waals surface area contributed by atoms with Crippen molar-refractivity contribution in [2.24, 2.45) is 11.3 Å². The minimum Gasteiger partial charge on any atom is -0.459 e. The van der Waals surface area contributed by atoms with Crippen molar-refractivity contribution in [2.45, 2.75) is 38.6 Å². The van der Waals surface area contributed by atoms with Gasteiger partial charge in [-0.05, 0) is 30.2 Å². The third-order valence-corrected chi connectivity index (χ3v) is 6.27. The molecule has 0 radical (unpaired) electrons. The summed E-state index contributed by atoms with van der Waals surface area (Å²) in [5, 5.41) is 0. The number of aromatic nitrogens is 1. The predicted molar refractivity (Wildman–Crippen MR) is 80.5 cm³/mol. The van der Waals surface area contributed by atoms with Crippen LogP contribution in [0.4, 0.5) is 0 Å². The molecule has 4 heterocycles. The number of fused-ring (bicyclic) bond motifs is 5. The number of aromatic amines is 1. The van der Waals surface area contributed by atoms with E-state index in [2.05, 4.69) is 23.7 Å². The van der Waals surface area contributed by atoms with Gasteiger partial charge in [-0.1, -0.05) is 13.8 Å². The van der Waals surface area contributed by atoms with E-state index in [4.69, 9.17) is 4.42 Å². The van der Waals surface area contributed by atoms with Crippen LogP contribution in [0, 0.1) is 11.3 Å². The van der Waals surface area contributed by atoms with Crippen molar-refractivity contribution in [3.63, 3.8) is 0 Å². The number of H-pyrrole nitrogens is 1. The van der Waals surface area contributed by atoms with Gasteiger partial charge >= 0.3 is 0 Å². The van der Waals surface area contributed by atoms with E-state index in [1.54, 1.807) is 6.07 Å². The number of piperidine rings is 1. The molecule has 1 aliphatic carbocycles. The van der Waals surface area contributed by atoms with Gasteiger partial charge in [-0.3, -0.25) is 9.69 Å². The molecule has 4 heteroatoms. The van der Waals surface area contributed by atoms with Gasteiger partial charge in [0.05, 0.1) is 5.52 Å². The zero-order valence-corrected chi connectivity index (χ0v) is 12.5. The Morgan fingerprint density at radius 3 is 3.05 bits per heavy atom. The summed E-state index contributed by atoms with van der Waals surface area (Å²) in [7, 11) is 0. The zero-order chi connectivity index (χ0) is 14.4. The molecule has 2 bridgehead atoms. The fourth-order valence-electron chi connectivity index (χ4n) is 5.29. The molecular formula is C17H20N2O2. The standard InChI is InChI=1S/C17H20N2O2/c1-17(2)9-7-11-15-10(5-6-19(8-9)16(11)17)14-12(21-15)3-4-13(20)18-14/h3-4,9,11,16H,5-8H2,1-2H3,(H,18,20). The number of hydrogen-bond acceptors (Lipinski definition) is 3. The van der Waals surface area contributed by atoms with Gasteiger partial charge in [0.15, 0.2) is 5.58 Å². The summed E-state index contributed by atoms with van der Waals surface area (Å²) in [6.45, 7) is 7.14. The van der Waals surface area contributed by atoms with Crippen molar-refractivity contribution >= 4 is 11.1 Å². The average Bonchev–Trinajstić information content (AvgIpc) is 2.98. The van der Waals surface area contributed by atoms with Crippen LogP contribution in [-0.2, 0) is 6.42 Å². The topological polar surface area (TPSA) is 49.2 Å². The molecule has 2 aromatic heterocycles. The molecule has 1 saturated heterocycles. The number of nitrogens with one attached hydrogen (secondary N) is 1. The molecule has 110 valence electrons. The first-order chi connectivity index (χ1) is 10.1. The van der Waals surface area contributed by atoms with E-state index in [0.29, 0.717) is 17.4 Å². The minimum atomic E-state index is -0.0387. The van der Waals surface area contributed by atoms with Crippen molar-refractivity contribution < 1.29 is 4.42 Å². The highest BCUT2D eigenvalue weighted by Gasteiger charge is 2.59. The zero-order valence-electron chi connectivity index (χ0n) is 12.5. The summed E-state index contributed by atoms with van der Waals surface area (Å²) >= 11 is 0. The monoisotopic (exact) mass is 284 g/mol. The molecule has 0 aromatic carbocycles. The van der Waals surface area contributed by atoms with Gasteiger partial charge in [-0.25, -0.2) is 0 Å². The Morgan fingerprint density at radius 1 is 1.38 bits per heavy atom. The van der Waals surface area contributed by atoms with E-state index in [1.807, 2.05) is 6.07 Å². The first kappa shape index (κ1) is 12.0. The Labute approximate surface area is 123 Å². The van der Waals surface area contributed by atoms with E-state index in [-0.39, 0.29) is 5.56 Å². The Kier molecular flexibility index (Phi) is 2.07. The van der Waals surface area contributed by atoms with Crippen LogP contribution in [0.25, 0.3) is 11.1 Å². The smallest absolute Gasteiger partial charge is 0.248 e. The number of pyridine rings is 1. The first-order valence-corrected chi connectivity index (χ1v) is 7.94. The summed E-state index contributed by atoms with van der Waals surface area (Å²) in [4.78, 5) is 17.3. The molecule has 3 atom stereocenters. The van der Waals surface area contributed by atoms with Crippen LogP contribution in [0.15, 0.2) is 21.3 Å². The second-order valence-corrected chi connectivity index (χ2v) is 7.56. The lowest BCUT2D eigenvalue weighted by Crippen LogP contribution is -2.39. The van der Waals surface area contributed by atoms with Crippen LogP contribution in [0.3, 0.4) is 0 Å².